The van der Waals surface area contributed by atoms with Crippen molar-refractivity contribution in [1.29, 1.82) is 0 Å². The van der Waals surface area contributed by atoms with Gasteiger partial charge in [0.15, 0.2) is 0 Å². The van der Waals surface area contributed by atoms with E-state index in [4.69, 9.17) is 4.74 Å². The van der Waals surface area contributed by atoms with Crippen LogP contribution in [0.1, 0.15) is 75.8 Å². The maximum absolute atomic E-state index is 14.1. The minimum absolute atomic E-state index is 0.0961. The topological polar surface area (TPSA) is 53.1 Å². The Morgan fingerprint density at radius 1 is 1.03 bits per heavy atom. The molecule has 2 aliphatic carbocycles. The van der Waals surface area contributed by atoms with Gasteiger partial charge in [-0.3, -0.25) is 4.79 Å². The number of nitrogens with zero attached hydrogens (tertiary/aromatic N) is 3. The summed E-state index contributed by atoms with van der Waals surface area (Å²) in [6.45, 7) is 5.32. The molecule has 6 aliphatic rings. The van der Waals surface area contributed by atoms with Crippen LogP contribution in [0.5, 0.6) is 0 Å². The number of halogens is 3. The highest BCUT2D eigenvalue weighted by Gasteiger charge is 2.65. The summed E-state index contributed by atoms with van der Waals surface area (Å²) in [5.41, 5.74) is -0.332. The second-order valence-corrected chi connectivity index (χ2v) is 12.6. The van der Waals surface area contributed by atoms with Crippen LogP contribution in [-0.4, -0.2) is 77.7 Å². The molecule has 6 nitrogen and oxygen atoms in total. The fourth-order valence-corrected chi connectivity index (χ4v) is 8.29. The molecule has 2 saturated carbocycles. The average molecular weight is 548 g/mol. The molecule has 1 aromatic carbocycles. The van der Waals surface area contributed by atoms with Gasteiger partial charge in [0, 0.05) is 37.1 Å². The van der Waals surface area contributed by atoms with E-state index in [0.717, 1.165) is 63.7 Å². The molecule has 3 atom stereocenters. The third-order valence-electron chi connectivity index (χ3n) is 10.6. The molecule has 4 aliphatic heterocycles. The number of hydrogen-bond donors (Lipinski definition) is 0. The molecule has 4 heterocycles. The van der Waals surface area contributed by atoms with Crippen molar-refractivity contribution in [3.8, 4) is 0 Å². The van der Waals surface area contributed by atoms with Crippen molar-refractivity contribution in [3.05, 3.63) is 35.4 Å². The van der Waals surface area contributed by atoms with E-state index >= 15 is 0 Å². The second-order valence-electron chi connectivity index (χ2n) is 12.6. The number of piperidine rings is 2. The number of benzene rings is 1. The van der Waals surface area contributed by atoms with Crippen LogP contribution in [0.25, 0.3) is 0 Å². The first-order chi connectivity index (χ1) is 18.7. The van der Waals surface area contributed by atoms with Crippen LogP contribution in [0.15, 0.2) is 24.3 Å². The molecule has 0 aromatic heterocycles. The highest BCUT2D eigenvalue weighted by Crippen LogP contribution is 2.55. The predicted octanol–water partition coefficient (Wildman–Crippen LogP) is 5.49. The van der Waals surface area contributed by atoms with Gasteiger partial charge in [0.1, 0.15) is 5.41 Å². The number of alkyl halides is 3. The Balaban J connectivity index is 1.19. The van der Waals surface area contributed by atoms with Gasteiger partial charge in [-0.2, -0.15) is 13.2 Å². The molecule has 39 heavy (non-hydrogen) atoms. The summed E-state index contributed by atoms with van der Waals surface area (Å²) >= 11 is 0. The van der Waals surface area contributed by atoms with Gasteiger partial charge in [-0.25, -0.2) is 4.79 Å². The monoisotopic (exact) mass is 547 g/mol. The van der Waals surface area contributed by atoms with Crippen LogP contribution in [0.4, 0.5) is 18.0 Å². The van der Waals surface area contributed by atoms with Crippen molar-refractivity contribution in [2.75, 3.05) is 32.8 Å². The van der Waals surface area contributed by atoms with Crippen molar-refractivity contribution in [3.63, 3.8) is 0 Å². The second kappa shape index (κ2) is 9.96. The van der Waals surface area contributed by atoms with Gasteiger partial charge in [0.05, 0.1) is 6.61 Å². The largest absolute Gasteiger partial charge is 0.450 e. The lowest BCUT2D eigenvalue weighted by atomic mass is 9.65. The fourth-order valence-electron chi connectivity index (χ4n) is 8.29. The molecule has 5 fully saturated rings. The molecule has 2 bridgehead atoms. The lowest BCUT2D eigenvalue weighted by Crippen LogP contribution is -2.60. The van der Waals surface area contributed by atoms with Crippen LogP contribution in [0.3, 0.4) is 0 Å². The Morgan fingerprint density at radius 2 is 1.77 bits per heavy atom. The van der Waals surface area contributed by atoms with Crippen molar-refractivity contribution in [1.82, 2.24) is 14.7 Å². The molecule has 3 saturated heterocycles. The fraction of sp³-hybridized carbons (Fsp3) is 0.733. The molecule has 7 rings (SSSR count). The number of carbonyl (C=O) groups is 2. The smallest absolute Gasteiger partial charge is 0.410 e. The summed E-state index contributed by atoms with van der Waals surface area (Å²) in [5, 5.41) is 0. The van der Waals surface area contributed by atoms with Gasteiger partial charge in [-0.1, -0.05) is 30.7 Å². The first-order valence-corrected chi connectivity index (χ1v) is 14.8. The van der Waals surface area contributed by atoms with Gasteiger partial charge in [-0.05, 0) is 88.4 Å². The van der Waals surface area contributed by atoms with Gasteiger partial charge in [0.2, 0.25) is 5.91 Å². The van der Waals surface area contributed by atoms with Crippen LogP contribution < -0.4 is 0 Å². The van der Waals surface area contributed by atoms with E-state index in [9.17, 15) is 22.8 Å². The van der Waals surface area contributed by atoms with E-state index in [0.29, 0.717) is 31.5 Å². The Bertz CT molecular complexity index is 1100. The normalized spacial score (nSPS) is 29.9. The number of carbonyl (C=O) groups excluding carboxylic acids is 2. The van der Waals surface area contributed by atoms with Gasteiger partial charge in [-0.15, -0.1) is 0 Å². The van der Waals surface area contributed by atoms with E-state index in [1.807, 2.05) is 30.0 Å². The SMILES string of the molecule is CCOC(=O)N1CC2CCC1CC(N1CCC3(CC1)CN(C(=O)C1(C(F)(F)F)CCC1)Cc1ccccc13)C2. The molecule has 9 heteroatoms. The van der Waals surface area contributed by atoms with Crippen LogP contribution >= 0.6 is 0 Å². The van der Waals surface area contributed by atoms with Crippen molar-refractivity contribution in [2.45, 2.75) is 94.9 Å². The number of hydrogen-bond acceptors (Lipinski definition) is 4. The average Bonchev–Trinajstić information content (AvgIpc) is 3.20. The predicted molar refractivity (Wildman–Crippen MR) is 140 cm³/mol. The van der Waals surface area contributed by atoms with Crippen molar-refractivity contribution < 1.29 is 27.5 Å². The van der Waals surface area contributed by atoms with Crippen molar-refractivity contribution in [2.24, 2.45) is 11.3 Å². The summed E-state index contributed by atoms with van der Waals surface area (Å²) < 4.78 is 47.6. The summed E-state index contributed by atoms with van der Waals surface area (Å²) in [4.78, 5) is 32.1. The van der Waals surface area contributed by atoms with E-state index in [-0.39, 0.29) is 36.9 Å². The quantitative estimate of drug-likeness (QED) is 0.502. The van der Waals surface area contributed by atoms with Gasteiger partial charge < -0.3 is 19.4 Å². The summed E-state index contributed by atoms with van der Waals surface area (Å²) in [7, 11) is 0. The summed E-state index contributed by atoms with van der Waals surface area (Å²) in [6.07, 6.45) is 1.36. The van der Waals surface area contributed by atoms with E-state index in [2.05, 4.69) is 11.0 Å². The van der Waals surface area contributed by atoms with Crippen molar-refractivity contribution >= 4 is 12.0 Å². The number of fused-ring (bicyclic) bond motifs is 6. The third kappa shape index (κ3) is 4.52. The molecular formula is C30H40F3N3O3. The maximum atomic E-state index is 14.1. The molecular weight excluding hydrogens is 507 g/mol. The minimum atomic E-state index is -4.51. The first kappa shape index (κ1) is 26.9. The molecule has 0 N–H and O–H groups in total. The summed E-state index contributed by atoms with van der Waals surface area (Å²) in [6, 6.07) is 8.64. The molecule has 0 radical (unpaired) electrons. The third-order valence-corrected chi connectivity index (χ3v) is 10.6. The standard InChI is InChI=1S/C30H40F3N3O3/c1-2-39-27(38)36-18-21-8-9-23(36)17-24(16-21)34-14-12-28(13-15-34)20-35(19-22-6-3-4-7-25(22)28)26(37)29(10-5-11-29)30(31,32)33/h3-4,6-7,21,23-24H,2,5,8-20H2,1H3. The van der Waals surface area contributed by atoms with Gasteiger partial charge >= 0.3 is 12.3 Å². The Labute approximate surface area is 228 Å². The Morgan fingerprint density at radius 3 is 2.44 bits per heavy atom. The molecule has 1 aromatic rings. The Hall–Kier alpha value is -2.29. The molecule has 214 valence electrons. The Kier molecular flexibility index (Phi) is 6.87. The number of amides is 2. The highest BCUT2D eigenvalue weighted by molar-refractivity contribution is 5.85. The molecule has 3 unspecified atom stereocenters. The van der Waals surface area contributed by atoms with Crippen LogP contribution in [-0.2, 0) is 21.5 Å². The van der Waals surface area contributed by atoms with Crippen LogP contribution in [0.2, 0.25) is 0 Å². The molecule has 1 spiro atoms. The zero-order valence-corrected chi connectivity index (χ0v) is 22.8. The lowest BCUT2D eigenvalue weighted by Gasteiger charge is -2.52. The van der Waals surface area contributed by atoms with E-state index in [1.165, 1.54) is 10.5 Å². The lowest BCUT2D eigenvalue weighted by molar-refractivity contribution is -0.249. The van der Waals surface area contributed by atoms with Crippen LogP contribution in [0, 0.1) is 11.3 Å². The number of likely N-dealkylation sites (tertiary alicyclic amines) is 1. The zero-order valence-electron chi connectivity index (χ0n) is 22.8. The van der Waals surface area contributed by atoms with E-state index < -0.39 is 17.5 Å². The maximum Gasteiger partial charge on any atom is 0.410 e. The van der Waals surface area contributed by atoms with Gasteiger partial charge in [0.25, 0.3) is 0 Å². The highest BCUT2D eigenvalue weighted by atomic mass is 19.4. The number of rotatable bonds is 3. The summed E-state index contributed by atoms with van der Waals surface area (Å²) in [5.74, 6) is -0.254. The molecule has 2 amide bonds. The first-order valence-electron chi connectivity index (χ1n) is 14.8. The zero-order chi connectivity index (χ0) is 27.4. The van der Waals surface area contributed by atoms with E-state index in [1.54, 1.807) is 0 Å². The number of ether oxygens (including phenoxy) is 1. The minimum Gasteiger partial charge on any atom is -0.450 e.